The standard InChI is InChI=1S/C49H56ClN5O3/c1-30(2)49(57,33-18-20-51-21-19-33)29-55-41-15-9-34(50)25-39(41)47-43-17-11-36(27-45(47)55)53(43)22-23-58-37-12-7-32(8-13-37)48(4,56)28-54-40-14-6-31(3)24-38(40)46-42-16-10-35(52(42)5)26-44(46)54/h6-9,12-15,18-21,24-25,30,35-36,42-43,56-57H,10-11,16-17,22-23,26-29H2,1-5H3/t35?,36?,42?,43?,48-,49?/m0/s1. The van der Waals surface area contributed by atoms with Gasteiger partial charge in [0.15, 0.2) is 0 Å². The van der Waals surface area contributed by atoms with E-state index < -0.39 is 11.2 Å². The maximum atomic E-state index is 12.3. The number of fused-ring (bicyclic) bond motifs is 12. The minimum Gasteiger partial charge on any atom is -0.492 e. The minimum absolute atomic E-state index is 0.00332. The number of aliphatic hydroxyl groups is 2. The number of aryl methyl sites for hydroxylation is 1. The van der Waals surface area contributed by atoms with Crippen molar-refractivity contribution in [3.8, 4) is 5.75 Å². The molecule has 2 N–H and O–H groups in total. The van der Waals surface area contributed by atoms with Gasteiger partial charge in [-0.1, -0.05) is 49.2 Å². The monoisotopic (exact) mass is 797 g/mol. The van der Waals surface area contributed by atoms with Crippen LogP contribution in [0.5, 0.6) is 5.75 Å². The van der Waals surface area contributed by atoms with Crippen molar-refractivity contribution < 1.29 is 14.9 Å². The highest BCUT2D eigenvalue weighted by atomic mass is 35.5. The zero-order chi connectivity index (χ0) is 40.1. The summed E-state index contributed by atoms with van der Waals surface area (Å²) in [6.45, 7) is 10.7. The molecule has 2 saturated heterocycles. The fourth-order valence-electron chi connectivity index (χ4n) is 11.4. The molecule has 58 heavy (non-hydrogen) atoms. The average Bonchev–Trinajstić information content (AvgIpc) is 3.84. The van der Waals surface area contributed by atoms with Gasteiger partial charge in [-0.15, -0.1) is 0 Å². The van der Waals surface area contributed by atoms with Gasteiger partial charge in [-0.05, 0) is 129 Å². The SMILES string of the molecule is Cc1ccc2c(c1)c1c(n2C[C@](C)(O)c2ccc(OCCN3C4CCC3c3c(n(CC(O)(c5ccncc5)C(C)C)c5ccc(Cl)cc35)C4)cc2)CC2CCC1N2C. The summed E-state index contributed by atoms with van der Waals surface area (Å²) in [7, 11) is 2.29. The van der Waals surface area contributed by atoms with Crippen molar-refractivity contribution in [2.45, 2.75) is 115 Å². The number of ether oxygens (including phenoxy) is 1. The maximum absolute atomic E-state index is 12.3. The predicted molar refractivity (Wildman–Crippen MR) is 232 cm³/mol. The van der Waals surface area contributed by atoms with Crippen molar-refractivity contribution in [1.82, 2.24) is 23.9 Å². The topological polar surface area (TPSA) is 78.9 Å². The van der Waals surface area contributed by atoms with Crippen molar-refractivity contribution in [3.63, 3.8) is 0 Å². The van der Waals surface area contributed by atoms with E-state index in [1.54, 1.807) is 12.4 Å². The first-order chi connectivity index (χ1) is 27.9. The van der Waals surface area contributed by atoms with E-state index in [-0.39, 0.29) is 12.0 Å². The molecule has 3 aromatic heterocycles. The summed E-state index contributed by atoms with van der Waals surface area (Å²) in [6.07, 6.45) is 10.1. The number of halogens is 1. The largest absolute Gasteiger partial charge is 0.492 e. The number of benzene rings is 3. The maximum Gasteiger partial charge on any atom is 0.119 e. The Morgan fingerprint density at radius 3 is 2.16 bits per heavy atom. The highest BCUT2D eigenvalue weighted by Gasteiger charge is 2.45. The Balaban J connectivity index is 0.859. The van der Waals surface area contributed by atoms with E-state index >= 15 is 0 Å². The third kappa shape index (κ3) is 6.12. The third-order valence-corrected chi connectivity index (χ3v) is 14.9. The Bertz CT molecular complexity index is 2510. The van der Waals surface area contributed by atoms with E-state index in [2.05, 4.69) is 82.1 Å². The molecule has 2 fully saturated rings. The molecule has 3 aromatic carbocycles. The molecule has 7 heterocycles. The van der Waals surface area contributed by atoms with E-state index in [0.29, 0.717) is 37.8 Å². The molecule has 4 bridgehead atoms. The molecule has 6 atom stereocenters. The lowest BCUT2D eigenvalue weighted by atomic mass is 9.83. The number of pyridine rings is 1. The lowest BCUT2D eigenvalue weighted by Gasteiger charge is -2.37. The van der Waals surface area contributed by atoms with Crippen LogP contribution < -0.4 is 4.74 Å². The van der Waals surface area contributed by atoms with Crippen molar-refractivity contribution in [3.05, 3.63) is 129 Å². The zero-order valence-electron chi connectivity index (χ0n) is 34.5. The first-order valence-corrected chi connectivity index (χ1v) is 21.8. The van der Waals surface area contributed by atoms with Crippen LogP contribution in [-0.4, -0.2) is 66.4 Å². The highest BCUT2D eigenvalue weighted by molar-refractivity contribution is 6.31. The number of rotatable bonds is 11. The Morgan fingerprint density at radius 2 is 1.41 bits per heavy atom. The van der Waals surface area contributed by atoms with Crippen LogP contribution in [0.1, 0.15) is 97.7 Å². The first kappa shape index (κ1) is 38.0. The summed E-state index contributed by atoms with van der Waals surface area (Å²) < 4.78 is 11.2. The van der Waals surface area contributed by atoms with Gasteiger partial charge in [-0.2, -0.15) is 0 Å². The van der Waals surface area contributed by atoms with Crippen LogP contribution in [0.4, 0.5) is 0 Å². The number of aromatic nitrogens is 3. The average molecular weight is 798 g/mol. The lowest BCUT2D eigenvalue weighted by Crippen LogP contribution is -2.41. The Morgan fingerprint density at radius 1 is 0.776 bits per heavy atom. The van der Waals surface area contributed by atoms with Gasteiger partial charge in [0.2, 0.25) is 0 Å². The third-order valence-electron chi connectivity index (χ3n) is 14.6. The van der Waals surface area contributed by atoms with Crippen LogP contribution >= 0.6 is 11.6 Å². The minimum atomic E-state index is -1.05. The Labute approximate surface area is 347 Å². The summed E-state index contributed by atoms with van der Waals surface area (Å²) in [5.74, 6) is 0.812. The van der Waals surface area contributed by atoms with E-state index in [9.17, 15) is 10.2 Å². The van der Waals surface area contributed by atoms with Gasteiger partial charge >= 0.3 is 0 Å². The van der Waals surface area contributed by atoms with Gasteiger partial charge in [0, 0.05) is 94.2 Å². The summed E-state index contributed by atoms with van der Waals surface area (Å²) in [5.41, 5.74) is 8.85. The van der Waals surface area contributed by atoms with Gasteiger partial charge in [0.25, 0.3) is 0 Å². The van der Waals surface area contributed by atoms with Crippen LogP contribution in [0.3, 0.4) is 0 Å². The molecule has 8 nitrogen and oxygen atoms in total. The molecular formula is C49H56ClN5O3. The molecule has 0 aliphatic carbocycles. The quantitative estimate of drug-likeness (QED) is 0.136. The van der Waals surface area contributed by atoms with Gasteiger partial charge < -0.3 is 24.1 Å². The van der Waals surface area contributed by atoms with Gasteiger partial charge in [-0.3, -0.25) is 14.8 Å². The smallest absolute Gasteiger partial charge is 0.119 e. The molecule has 4 aliphatic rings. The summed E-state index contributed by atoms with van der Waals surface area (Å²) in [6, 6.07) is 26.7. The second kappa shape index (κ2) is 14.2. The van der Waals surface area contributed by atoms with Crippen molar-refractivity contribution in [2.75, 3.05) is 20.2 Å². The van der Waals surface area contributed by atoms with Gasteiger partial charge in [0.05, 0.1) is 13.1 Å². The van der Waals surface area contributed by atoms with E-state index in [0.717, 1.165) is 59.6 Å². The molecule has 302 valence electrons. The van der Waals surface area contributed by atoms with Crippen molar-refractivity contribution in [2.24, 2.45) is 5.92 Å². The molecule has 0 radical (unpaired) electrons. The number of likely N-dealkylation sites (N-methyl/N-ethyl adjacent to an activating group) is 1. The van der Waals surface area contributed by atoms with Gasteiger partial charge in [0.1, 0.15) is 23.6 Å². The molecule has 9 heteroatoms. The zero-order valence-corrected chi connectivity index (χ0v) is 35.2. The molecular weight excluding hydrogens is 742 g/mol. The molecule has 0 amide bonds. The number of nitrogens with zero attached hydrogens (tertiary/aromatic N) is 5. The van der Waals surface area contributed by atoms with Crippen LogP contribution in [-0.2, 0) is 37.1 Å². The second-order valence-corrected chi connectivity index (χ2v) is 18.8. The molecule has 0 saturated carbocycles. The lowest BCUT2D eigenvalue weighted by molar-refractivity contribution is -0.0265. The molecule has 5 unspecified atom stereocenters. The van der Waals surface area contributed by atoms with E-state index in [1.165, 1.54) is 57.2 Å². The summed E-state index contributed by atoms with van der Waals surface area (Å²) in [4.78, 5) is 9.43. The van der Waals surface area contributed by atoms with Crippen LogP contribution in [0.15, 0.2) is 85.2 Å². The van der Waals surface area contributed by atoms with Crippen LogP contribution in [0.2, 0.25) is 5.02 Å². The molecule has 4 aliphatic heterocycles. The Kier molecular flexibility index (Phi) is 9.34. The van der Waals surface area contributed by atoms with Crippen LogP contribution in [0, 0.1) is 12.8 Å². The Hall–Kier alpha value is -4.18. The molecule has 6 aromatic rings. The molecule has 10 rings (SSSR count). The number of hydrogen-bond donors (Lipinski definition) is 2. The second-order valence-electron chi connectivity index (χ2n) is 18.3. The molecule has 0 spiro atoms. The fraction of sp³-hybridized carbons (Fsp3) is 0.449. The predicted octanol–water partition coefficient (Wildman–Crippen LogP) is 9.24. The van der Waals surface area contributed by atoms with Gasteiger partial charge in [-0.25, -0.2) is 0 Å². The van der Waals surface area contributed by atoms with Crippen molar-refractivity contribution in [1.29, 1.82) is 0 Å². The first-order valence-electron chi connectivity index (χ1n) is 21.4. The van der Waals surface area contributed by atoms with Crippen LogP contribution in [0.25, 0.3) is 21.8 Å². The fourth-order valence-corrected chi connectivity index (χ4v) is 11.6. The van der Waals surface area contributed by atoms with E-state index in [1.807, 2.05) is 49.4 Å². The van der Waals surface area contributed by atoms with E-state index in [4.69, 9.17) is 16.3 Å². The summed E-state index contributed by atoms with van der Waals surface area (Å²) in [5, 5.41) is 27.6. The highest BCUT2D eigenvalue weighted by Crippen LogP contribution is 2.50. The van der Waals surface area contributed by atoms with Crippen molar-refractivity contribution >= 4 is 33.4 Å². The summed E-state index contributed by atoms with van der Waals surface area (Å²) >= 11 is 6.67. The number of hydrogen-bond acceptors (Lipinski definition) is 6. The normalized spacial score (nSPS) is 23.7.